The molecule has 0 saturated carbocycles. The third kappa shape index (κ3) is 3.33. The molecule has 1 aliphatic heterocycles. The average molecular weight is 289 g/mol. The van der Waals surface area contributed by atoms with E-state index in [4.69, 9.17) is 12.2 Å². The Balaban J connectivity index is 2.11. The molecule has 1 aliphatic rings. The lowest BCUT2D eigenvalue weighted by molar-refractivity contribution is -0.123. The number of thiocarbonyl (C=S) groups is 1. The first-order chi connectivity index (χ1) is 9.09. The van der Waals surface area contributed by atoms with Gasteiger partial charge in [-0.05, 0) is 25.5 Å². The van der Waals surface area contributed by atoms with Gasteiger partial charge in [-0.25, -0.2) is 0 Å². The van der Waals surface area contributed by atoms with Crippen LogP contribution in [0.4, 0.5) is 0 Å². The summed E-state index contributed by atoms with van der Waals surface area (Å²) in [5, 5.41) is 0. The van der Waals surface area contributed by atoms with Gasteiger partial charge in [-0.3, -0.25) is 9.69 Å². The SMILES string of the molecule is CC(C)N1C(=O)/C(=C\C=C\c2ccccc2)SC1=S. The van der Waals surface area contributed by atoms with Crippen molar-refractivity contribution in [2.24, 2.45) is 0 Å². The van der Waals surface area contributed by atoms with Crippen molar-refractivity contribution in [3.05, 3.63) is 53.0 Å². The lowest BCUT2D eigenvalue weighted by atomic mass is 10.2. The normalized spacial score (nSPS) is 18.3. The van der Waals surface area contributed by atoms with E-state index in [0.717, 1.165) is 5.56 Å². The van der Waals surface area contributed by atoms with E-state index >= 15 is 0 Å². The van der Waals surface area contributed by atoms with Gasteiger partial charge >= 0.3 is 0 Å². The first kappa shape index (κ1) is 14.0. The highest BCUT2D eigenvalue weighted by molar-refractivity contribution is 8.26. The maximum atomic E-state index is 12.1. The highest BCUT2D eigenvalue weighted by Crippen LogP contribution is 2.32. The molecule has 0 spiro atoms. The minimum atomic E-state index is 0.00251. The van der Waals surface area contributed by atoms with E-state index in [0.29, 0.717) is 9.23 Å². The molecule has 0 aromatic heterocycles. The Labute approximate surface area is 123 Å². The Morgan fingerprint density at radius 2 is 1.95 bits per heavy atom. The zero-order valence-corrected chi connectivity index (χ0v) is 12.5. The molecule has 1 saturated heterocycles. The van der Waals surface area contributed by atoms with Crippen LogP contribution in [0.25, 0.3) is 6.08 Å². The Kier molecular flexibility index (Phi) is 4.56. The fraction of sp³-hybridized carbons (Fsp3) is 0.200. The Hall–Kier alpha value is -1.39. The molecule has 98 valence electrons. The lowest BCUT2D eigenvalue weighted by Gasteiger charge is -2.18. The maximum absolute atomic E-state index is 12.1. The van der Waals surface area contributed by atoms with Crippen LogP contribution >= 0.6 is 24.0 Å². The largest absolute Gasteiger partial charge is 0.290 e. The number of rotatable bonds is 3. The second-order valence-corrected chi connectivity index (χ2v) is 6.11. The summed E-state index contributed by atoms with van der Waals surface area (Å²) in [7, 11) is 0. The number of hydrogen-bond donors (Lipinski definition) is 0. The highest BCUT2D eigenvalue weighted by atomic mass is 32.2. The zero-order valence-electron chi connectivity index (χ0n) is 10.9. The molecule has 19 heavy (non-hydrogen) atoms. The smallest absolute Gasteiger partial charge is 0.266 e. The van der Waals surface area contributed by atoms with Gasteiger partial charge in [0.05, 0.1) is 4.91 Å². The Bertz CT molecular complexity index is 547. The van der Waals surface area contributed by atoms with Crippen molar-refractivity contribution in [3.63, 3.8) is 0 Å². The van der Waals surface area contributed by atoms with Gasteiger partial charge in [0.25, 0.3) is 5.91 Å². The van der Waals surface area contributed by atoms with E-state index < -0.39 is 0 Å². The third-order valence-corrected chi connectivity index (χ3v) is 4.02. The number of nitrogens with zero attached hydrogens (tertiary/aromatic N) is 1. The maximum Gasteiger partial charge on any atom is 0.266 e. The van der Waals surface area contributed by atoms with Crippen LogP contribution in [0.1, 0.15) is 19.4 Å². The Morgan fingerprint density at radius 3 is 2.53 bits per heavy atom. The number of hydrogen-bond acceptors (Lipinski definition) is 3. The summed E-state index contributed by atoms with van der Waals surface area (Å²) in [4.78, 5) is 14.5. The third-order valence-electron chi connectivity index (χ3n) is 2.68. The number of thioether (sulfide) groups is 1. The average Bonchev–Trinajstić information content (AvgIpc) is 2.66. The minimum absolute atomic E-state index is 0.00251. The van der Waals surface area contributed by atoms with E-state index in [2.05, 4.69) is 0 Å². The fourth-order valence-corrected chi connectivity index (χ4v) is 3.23. The predicted octanol–water partition coefficient (Wildman–Crippen LogP) is 3.85. The van der Waals surface area contributed by atoms with Gasteiger partial charge in [0.15, 0.2) is 0 Å². The van der Waals surface area contributed by atoms with Gasteiger partial charge in [0, 0.05) is 6.04 Å². The summed E-state index contributed by atoms with van der Waals surface area (Å²) in [5.74, 6) is 0.00251. The van der Waals surface area contributed by atoms with Crippen molar-refractivity contribution in [2.45, 2.75) is 19.9 Å². The molecule has 0 unspecified atom stereocenters. The molecule has 1 aromatic carbocycles. The van der Waals surface area contributed by atoms with E-state index in [1.807, 2.05) is 62.4 Å². The van der Waals surface area contributed by atoms with E-state index in [1.54, 1.807) is 4.90 Å². The van der Waals surface area contributed by atoms with Crippen LogP contribution in [0, 0.1) is 0 Å². The van der Waals surface area contributed by atoms with E-state index in [9.17, 15) is 4.79 Å². The van der Waals surface area contributed by atoms with Crippen LogP contribution in [0.3, 0.4) is 0 Å². The van der Waals surface area contributed by atoms with Crippen molar-refractivity contribution in [3.8, 4) is 0 Å². The van der Waals surface area contributed by atoms with Gasteiger partial charge in [0.1, 0.15) is 4.32 Å². The molecule has 1 amide bonds. The first-order valence-electron chi connectivity index (χ1n) is 6.08. The van der Waals surface area contributed by atoms with E-state index in [1.165, 1.54) is 11.8 Å². The van der Waals surface area contributed by atoms with Crippen LogP contribution in [-0.4, -0.2) is 21.2 Å². The number of carbonyl (C=O) groups is 1. The van der Waals surface area contributed by atoms with E-state index in [-0.39, 0.29) is 11.9 Å². The van der Waals surface area contributed by atoms with Crippen LogP contribution in [-0.2, 0) is 4.79 Å². The van der Waals surface area contributed by atoms with Crippen molar-refractivity contribution < 1.29 is 4.79 Å². The second-order valence-electron chi connectivity index (χ2n) is 4.44. The summed E-state index contributed by atoms with van der Waals surface area (Å²) >= 11 is 6.58. The van der Waals surface area contributed by atoms with Crippen molar-refractivity contribution in [1.29, 1.82) is 0 Å². The molecule has 2 rings (SSSR count). The standard InChI is InChI=1S/C15H15NOS2/c1-11(2)16-14(17)13(19-15(16)18)10-6-9-12-7-4-3-5-8-12/h3-11H,1-2H3/b9-6+,13-10+. The number of amides is 1. The van der Waals surface area contributed by atoms with Crippen LogP contribution in [0.15, 0.2) is 47.4 Å². The quantitative estimate of drug-likeness (QED) is 0.622. The molecule has 0 atom stereocenters. The molecule has 1 fully saturated rings. The van der Waals surface area contributed by atoms with Gasteiger partial charge in [-0.2, -0.15) is 0 Å². The van der Waals surface area contributed by atoms with Gasteiger partial charge in [-0.15, -0.1) is 0 Å². The van der Waals surface area contributed by atoms with Gasteiger partial charge in [0.2, 0.25) is 0 Å². The van der Waals surface area contributed by atoms with Crippen molar-refractivity contribution >= 4 is 40.3 Å². The van der Waals surface area contributed by atoms with Crippen LogP contribution < -0.4 is 0 Å². The summed E-state index contributed by atoms with van der Waals surface area (Å²) in [6.45, 7) is 3.93. The number of allylic oxidation sites excluding steroid dienone is 2. The molecular weight excluding hydrogens is 274 g/mol. The monoisotopic (exact) mass is 289 g/mol. The fourth-order valence-electron chi connectivity index (χ4n) is 1.75. The molecule has 0 aliphatic carbocycles. The summed E-state index contributed by atoms with van der Waals surface area (Å²) < 4.78 is 0.638. The van der Waals surface area contributed by atoms with Crippen molar-refractivity contribution in [2.75, 3.05) is 0 Å². The molecule has 2 nitrogen and oxygen atoms in total. The molecule has 0 bridgehead atoms. The molecule has 1 aromatic rings. The summed E-state index contributed by atoms with van der Waals surface area (Å²) in [5.41, 5.74) is 1.11. The molecule has 1 heterocycles. The molecule has 0 radical (unpaired) electrons. The zero-order chi connectivity index (χ0) is 13.8. The molecule has 4 heteroatoms. The van der Waals surface area contributed by atoms with Crippen LogP contribution in [0.5, 0.6) is 0 Å². The highest BCUT2D eigenvalue weighted by Gasteiger charge is 2.33. The van der Waals surface area contributed by atoms with Gasteiger partial charge < -0.3 is 0 Å². The van der Waals surface area contributed by atoms with Crippen LogP contribution in [0.2, 0.25) is 0 Å². The molecule has 0 N–H and O–H groups in total. The lowest BCUT2D eigenvalue weighted by Crippen LogP contribution is -2.34. The summed E-state index contributed by atoms with van der Waals surface area (Å²) in [6.07, 6.45) is 5.69. The number of carbonyl (C=O) groups excluding carboxylic acids is 1. The van der Waals surface area contributed by atoms with Crippen molar-refractivity contribution in [1.82, 2.24) is 4.90 Å². The number of benzene rings is 1. The minimum Gasteiger partial charge on any atom is -0.290 e. The Morgan fingerprint density at radius 1 is 1.26 bits per heavy atom. The molecular formula is C15H15NOS2. The predicted molar refractivity (Wildman–Crippen MR) is 85.7 cm³/mol. The van der Waals surface area contributed by atoms with Gasteiger partial charge in [-0.1, -0.05) is 66.5 Å². The second kappa shape index (κ2) is 6.17. The topological polar surface area (TPSA) is 20.3 Å². The summed E-state index contributed by atoms with van der Waals surface area (Å²) in [6, 6.07) is 10.1. The first-order valence-corrected chi connectivity index (χ1v) is 7.31.